The Bertz CT molecular complexity index is 2480. The van der Waals surface area contributed by atoms with Crippen molar-refractivity contribution < 1.29 is 0 Å². The number of benzene rings is 8. The summed E-state index contributed by atoms with van der Waals surface area (Å²) >= 11 is 0. The Morgan fingerprint density at radius 3 is 1.54 bits per heavy atom. The molecule has 2 nitrogen and oxygen atoms in total. The number of rotatable bonds is 6. The molecule has 0 amide bonds. The first-order valence-electron chi connectivity index (χ1n) is 16.5. The Labute approximate surface area is 280 Å². The summed E-state index contributed by atoms with van der Waals surface area (Å²) in [5.74, 6) is 0. The highest BCUT2D eigenvalue weighted by Crippen LogP contribution is 2.46. The monoisotopic (exact) mass is 612 g/mol. The summed E-state index contributed by atoms with van der Waals surface area (Å²) < 4.78 is 2.49. The van der Waals surface area contributed by atoms with Crippen molar-refractivity contribution in [3.8, 4) is 27.9 Å². The van der Waals surface area contributed by atoms with Crippen molar-refractivity contribution in [1.82, 2.24) is 4.57 Å². The van der Waals surface area contributed by atoms with Crippen molar-refractivity contribution in [2.24, 2.45) is 0 Å². The van der Waals surface area contributed by atoms with Gasteiger partial charge in [0.2, 0.25) is 0 Å². The second-order valence-electron chi connectivity index (χ2n) is 12.2. The minimum absolute atomic E-state index is 1.12. The van der Waals surface area contributed by atoms with Crippen LogP contribution in [0.4, 0.5) is 17.1 Å². The molecule has 1 heterocycles. The summed E-state index contributed by atoms with van der Waals surface area (Å²) in [6.07, 6.45) is 0. The van der Waals surface area contributed by atoms with E-state index in [1.807, 2.05) is 0 Å². The van der Waals surface area contributed by atoms with Crippen molar-refractivity contribution in [1.29, 1.82) is 0 Å². The molecule has 0 atom stereocenters. The topological polar surface area (TPSA) is 8.17 Å². The molecule has 0 aliphatic heterocycles. The normalized spacial score (nSPS) is 11.3. The Hall–Kier alpha value is -6.38. The van der Waals surface area contributed by atoms with E-state index in [2.05, 4.69) is 204 Å². The SMILES string of the molecule is c1ccc(-c2cccc3c4c(-c5ccc(N(c6ccccc6)c6ccccc6)cc5)cc5ccccc5c4n(-c4ccccc4)c23)cc1. The number of para-hydroxylation sites is 4. The number of hydrogen-bond donors (Lipinski definition) is 0. The van der Waals surface area contributed by atoms with E-state index in [4.69, 9.17) is 0 Å². The maximum atomic E-state index is 2.49. The van der Waals surface area contributed by atoms with Crippen LogP contribution in [0.3, 0.4) is 0 Å². The lowest BCUT2D eigenvalue weighted by atomic mass is 9.94. The van der Waals surface area contributed by atoms with Gasteiger partial charge < -0.3 is 9.47 Å². The average Bonchev–Trinajstić information content (AvgIpc) is 3.52. The molecule has 9 rings (SSSR count). The third-order valence-corrected chi connectivity index (χ3v) is 9.34. The van der Waals surface area contributed by atoms with E-state index in [9.17, 15) is 0 Å². The first-order chi connectivity index (χ1) is 23.8. The van der Waals surface area contributed by atoms with E-state index >= 15 is 0 Å². The molecular weight excluding hydrogens is 581 g/mol. The third-order valence-electron chi connectivity index (χ3n) is 9.34. The molecule has 0 bridgehead atoms. The van der Waals surface area contributed by atoms with Gasteiger partial charge in [-0.3, -0.25) is 0 Å². The van der Waals surface area contributed by atoms with Crippen LogP contribution in [0, 0.1) is 0 Å². The Kier molecular flexibility index (Phi) is 6.84. The van der Waals surface area contributed by atoms with Crippen LogP contribution < -0.4 is 4.90 Å². The molecule has 0 saturated carbocycles. The molecule has 0 unspecified atom stereocenters. The fourth-order valence-corrected chi connectivity index (χ4v) is 7.24. The minimum atomic E-state index is 1.12. The van der Waals surface area contributed by atoms with E-state index in [0.717, 1.165) is 22.7 Å². The Morgan fingerprint density at radius 1 is 0.354 bits per heavy atom. The van der Waals surface area contributed by atoms with Crippen molar-refractivity contribution >= 4 is 49.6 Å². The number of hydrogen-bond acceptors (Lipinski definition) is 1. The van der Waals surface area contributed by atoms with Gasteiger partial charge in [0.15, 0.2) is 0 Å². The van der Waals surface area contributed by atoms with Crippen molar-refractivity contribution in [3.63, 3.8) is 0 Å². The van der Waals surface area contributed by atoms with Crippen LogP contribution in [-0.2, 0) is 0 Å². The molecule has 1 aromatic heterocycles. The number of aromatic nitrogens is 1. The lowest BCUT2D eigenvalue weighted by Gasteiger charge is -2.25. The standard InChI is InChI=1S/C46H32N2/c1-5-16-33(17-6-1)40-26-15-27-42-44-43(32-35-18-13-14-25-41(35)46(44)48(45(40)42)38-23-11-4-12-24-38)34-28-30-39(31-29-34)47(36-19-7-2-8-20-36)37-21-9-3-10-22-37/h1-32H. The molecule has 0 saturated heterocycles. The summed E-state index contributed by atoms with van der Waals surface area (Å²) in [5, 5.41) is 4.98. The van der Waals surface area contributed by atoms with Crippen molar-refractivity contribution in [2.45, 2.75) is 0 Å². The smallest absolute Gasteiger partial charge is 0.0625 e. The van der Waals surface area contributed by atoms with Crippen molar-refractivity contribution in [2.75, 3.05) is 4.90 Å². The van der Waals surface area contributed by atoms with Crippen LogP contribution in [0.25, 0.3) is 60.5 Å². The minimum Gasteiger partial charge on any atom is -0.311 e. The van der Waals surface area contributed by atoms with Crippen LogP contribution in [0.5, 0.6) is 0 Å². The van der Waals surface area contributed by atoms with Gasteiger partial charge in [0.25, 0.3) is 0 Å². The zero-order valence-electron chi connectivity index (χ0n) is 26.4. The van der Waals surface area contributed by atoms with Gasteiger partial charge in [-0.2, -0.15) is 0 Å². The number of anilines is 3. The van der Waals surface area contributed by atoms with Crippen LogP contribution in [0.15, 0.2) is 194 Å². The van der Waals surface area contributed by atoms with Gasteiger partial charge in [-0.25, -0.2) is 0 Å². The fraction of sp³-hybridized carbons (Fsp3) is 0. The highest BCUT2D eigenvalue weighted by molar-refractivity contribution is 6.26. The maximum absolute atomic E-state index is 2.49. The average molecular weight is 613 g/mol. The molecule has 0 fully saturated rings. The van der Waals surface area contributed by atoms with Crippen LogP contribution in [0.1, 0.15) is 0 Å². The van der Waals surface area contributed by atoms with E-state index in [1.54, 1.807) is 0 Å². The van der Waals surface area contributed by atoms with Gasteiger partial charge in [-0.05, 0) is 76.7 Å². The number of fused-ring (bicyclic) bond motifs is 5. The van der Waals surface area contributed by atoms with Gasteiger partial charge in [-0.15, -0.1) is 0 Å². The first-order valence-corrected chi connectivity index (χ1v) is 16.5. The predicted molar refractivity (Wildman–Crippen MR) is 204 cm³/mol. The van der Waals surface area contributed by atoms with E-state index in [-0.39, 0.29) is 0 Å². The molecule has 9 aromatic rings. The molecule has 0 aliphatic rings. The maximum Gasteiger partial charge on any atom is 0.0625 e. The lowest BCUT2D eigenvalue weighted by molar-refractivity contribution is 1.19. The molecule has 8 aromatic carbocycles. The van der Waals surface area contributed by atoms with Gasteiger partial charge >= 0.3 is 0 Å². The molecule has 0 N–H and O–H groups in total. The van der Waals surface area contributed by atoms with E-state index in [1.165, 1.54) is 54.8 Å². The van der Waals surface area contributed by atoms with E-state index in [0.29, 0.717) is 0 Å². The second kappa shape index (κ2) is 11.8. The molecule has 0 spiro atoms. The Morgan fingerprint density at radius 2 is 0.875 bits per heavy atom. The summed E-state index contributed by atoms with van der Waals surface area (Å²) in [7, 11) is 0. The van der Waals surface area contributed by atoms with E-state index < -0.39 is 0 Å². The highest BCUT2D eigenvalue weighted by atomic mass is 15.1. The molecule has 0 radical (unpaired) electrons. The van der Waals surface area contributed by atoms with Crippen LogP contribution in [0.2, 0.25) is 0 Å². The number of nitrogens with zero attached hydrogens (tertiary/aromatic N) is 2. The van der Waals surface area contributed by atoms with Gasteiger partial charge in [0.05, 0.1) is 11.0 Å². The predicted octanol–water partition coefficient (Wildman–Crippen LogP) is 12.7. The quantitative estimate of drug-likeness (QED) is 0.181. The molecular formula is C46H32N2. The molecule has 226 valence electrons. The van der Waals surface area contributed by atoms with Gasteiger partial charge in [0, 0.05) is 44.5 Å². The van der Waals surface area contributed by atoms with Crippen LogP contribution >= 0.6 is 0 Å². The third kappa shape index (κ3) is 4.66. The first kappa shape index (κ1) is 27.9. The summed E-state index contributed by atoms with van der Waals surface area (Å²) in [4.78, 5) is 2.31. The van der Waals surface area contributed by atoms with Crippen molar-refractivity contribution in [3.05, 3.63) is 194 Å². The van der Waals surface area contributed by atoms with Gasteiger partial charge in [0.1, 0.15) is 0 Å². The zero-order valence-corrected chi connectivity index (χ0v) is 26.4. The fourth-order valence-electron chi connectivity index (χ4n) is 7.24. The van der Waals surface area contributed by atoms with Crippen LogP contribution in [-0.4, -0.2) is 4.57 Å². The van der Waals surface area contributed by atoms with Gasteiger partial charge in [-0.1, -0.05) is 140 Å². The molecule has 2 heteroatoms. The Balaban J connectivity index is 1.33. The largest absolute Gasteiger partial charge is 0.311 e. The molecule has 48 heavy (non-hydrogen) atoms. The summed E-state index contributed by atoms with van der Waals surface area (Å²) in [5.41, 5.74) is 11.8. The zero-order chi connectivity index (χ0) is 31.9. The molecule has 0 aliphatic carbocycles. The highest BCUT2D eigenvalue weighted by Gasteiger charge is 2.22. The lowest BCUT2D eigenvalue weighted by Crippen LogP contribution is -2.09. The second-order valence-corrected chi connectivity index (χ2v) is 12.2. The summed E-state index contributed by atoms with van der Waals surface area (Å²) in [6, 6.07) is 69.7. The summed E-state index contributed by atoms with van der Waals surface area (Å²) in [6.45, 7) is 0.